The van der Waals surface area contributed by atoms with Gasteiger partial charge >= 0.3 is 0 Å². The molecule has 0 unspecified atom stereocenters. The summed E-state index contributed by atoms with van der Waals surface area (Å²) in [7, 11) is 1.61. The lowest BCUT2D eigenvalue weighted by molar-refractivity contribution is 0.0946. The highest BCUT2D eigenvalue weighted by Gasteiger charge is 2.12. The predicted octanol–water partition coefficient (Wildman–Crippen LogP) is 2.56. The zero-order chi connectivity index (χ0) is 20.2. The summed E-state index contributed by atoms with van der Waals surface area (Å²) >= 11 is 0. The Morgan fingerprint density at radius 1 is 1.24 bits per heavy atom. The number of carbonyl (C=O) groups is 1. The van der Waals surface area contributed by atoms with E-state index >= 15 is 0 Å². The second-order valence-corrected chi connectivity index (χ2v) is 6.25. The Labute approximate surface area is 166 Å². The topological polar surface area (TPSA) is 108 Å². The monoisotopic (exact) mass is 390 g/mol. The number of methoxy groups -OCH3 is 1. The van der Waals surface area contributed by atoms with E-state index in [1.54, 1.807) is 43.4 Å². The smallest absolute Gasteiger partial charge is 0.271 e. The molecule has 4 aromatic rings. The third-order valence-corrected chi connectivity index (χ3v) is 4.19. The van der Waals surface area contributed by atoms with Crippen LogP contribution in [-0.2, 0) is 6.54 Å². The van der Waals surface area contributed by atoms with Crippen molar-refractivity contribution in [2.75, 3.05) is 7.11 Å². The quantitative estimate of drug-likeness (QED) is 0.539. The van der Waals surface area contributed by atoms with Gasteiger partial charge in [0.15, 0.2) is 5.82 Å². The third-order valence-electron chi connectivity index (χ3n) is 4.19. The van der Waals surface area contributed by atoms with Crippen molar-refractivity contribution in [3.05, 3.63) is 72.2 Å². The number of hydrogen-bond acceptors (Lipinski definition) is 7. The number of rotatable bonds is 6. The normalized spacial score (nSPS) is 10.7. The van der Waals surface area contributed by atoms with Crippen LogP contribution < -0.4 is 10.1 Å². The zero-order valence-electron chi connectivity index (χ0n) is 15.9. The first-order valence-corrected chi connectivity index (χ1v) is 8.84. The summed E-state index contributed by atoms with van der Waals surface area (Å²) in [5, 5.41) is 6.61. The van der Waals surface area contributed by atoms with E-state index in [9.17, 15) is 4.79 Å². The van der Waals surface area contributed by atoms with E-state index in [0.717, 1.165) is 11.3 Å². The molecule has 146 valence electrons. The molecule has 9 heteroatoms. The highest BCUT2D eigenvalue weighted by molar-refractivity contribution is 5.92. The minimum atomic E-state index is -0.274. The number of nitrogens with zero attached hydrogens (tertiary/aromatic N) is 5. The van der Waals surface area contributed by atoms with Crippen molar-refractivity contribution in [2.45, 2.75) is 13.5 Å². The fourth-order valence-corrected chi connectivity index (χ4v) is 2.70. The number of ether oxygens (including phenoxy) is 1. The number of aryl methyl sites for hydroxylation is 1. The first-order valence-electron chi connectivity index (χ1n) is 8.84. The van der Waals surface area contributed by atoms with E-state index in [2.05, 4.69) is 25.4 Å². The Morgan fingerprint density at radius 3 is 2.86 bits per heavy atom. The molecule has 0 atom stereocenters. The summed E-state index contributed by atoms with van der Waals surface area (Å²) in [4.78, 5) is 25.1. The highest BCUT2D eigenvalue weighted by Crippen LogP contribution is 2.17. The van der Waals surface area contributed by atoms with Gasteiger partial charge < -0.3 is 14.6 Å². The van der Waals surface area contributed by atoms with Gasteiger partial charge in [0.1, 0.15) is 23.6 Å². The molecule has 3 heterocycles. The summed E-state index contributed by atoms with van der Waals surface area (Å²) in [6, 6.07) is 11.1. The van der Waals surface area contributed by atoms with Gasteiger partial charge in [-0.1, -0.05) is 17.3 Å². The van der Waals surface area contributed by atoms with Crippen LogP contribution in [0.25, 0.3) is 17.3 Å². The van der Waals surface area contributed by atoms with E-state index in [4.69, 9.17) is 9.26 Å². The Kier molecular flexibility index (Phi) is 5.02. The molecule has 0 saturated heterocycles. The number of benzene rings is 1. The zero-order valence-corrected chi connectivity index (χ0v) is 15.9. The molecule has 3 aromatic heterocycles. The van der Waals surface area contributed by atoms with Gasteiger partial charge in [-0.15, -0.1) is 0 Å². The van der Waals surface area contributed by atoms with Gasteiger partial charge in [0.25, 0.3) is 11.8 Å². The lowest BCUT2D eigenvalue weighted by Crippen LogP contribution is -2.23. The second kappa shape index (κ2) is 7.93. The summed E-state index contributed by atoms with van der Waals surface area (Å²) in [5.74, 6) is 2.05. The number of imidazole rings is 1. The van der Waals surface area contributed by atoms with E-state index in [1.165, 1.54) is 0 Å². The van der Waals surface area contributed by atoms with Crippen molar-refractivity contribution in [2.24, 2.45) is 0 Å². The molecule has 0 aliphatic rings. The van der Waals surface area contributed by atoms with Crippen LogP contribution in [0.5, 0.6) is 5.75 Å². The Hall–Kier alpha value is -4.01. The Bertz CT molecular complexity index is 1130. The molecular weight excluding hydrogens is 372 g/mol. The third kappa shape index (κ3) is 4.13. The maximum absolute atomic E-state index is 12.4. The van der Waals surface area contributed by atoms with Crippen LogP contribution in [0.15, 0.2) is 59.6 Å². The second-order valence-electron chi connectivity index (χ2n) is 6.25. The number of aromatic nitrogens is 5. The minimum absolute atomic E-state index is 0.274. The molecule has 1 N–H and O–H groups in total. The van der Waals surface area contributed by atoms with Crippen molar-refractivity contribution in [3.8, 4) is 23.0 Å². The van der Waals surface area contributed by atoms with Crippen LogP contribution >= 0.6 is 0 Å². The molecule has 9 nitrogen and oxygen atoms in total. The molecule has 0 aliphatic carbocycles. The molecule has 0 radical (unpaired) electrons. The van der Waals surface area contributed by atoms with Gasteiger partial charge in [-0.05, 0) is 36.8 Å². The van der Waals surface area contributed by atoms with Gasteiger partial charge in [-0.25, -0.2) is 9.97 Å². The average Bonchev–Trinajstić information content (AvgIpc) is 3.42. The number of amides is 1. The summed E-state index contributed by atoms with van der Waals surface area (Å²) in [6.45, 7) is 2.13. The van der Waals surface area contributed by atoms with Crippen molar-refractivity contribution in [3.63, 3.8) is 0 Å². The SMILES string of the molecule is COc1cccc(CNC(=O)c2cn(-c3ccc(-c4nc(C)no4)cn3)cn2)c1. The number of nitrogens with one attached hydrogen (secondary N) is 1. The van der Waals surface area contributed by atoms with Gasteiger partial charge in [-0.2, -0.15) is 4.98 Å². The lowest BCUT2D eigenvalue weighted by atomic mass is 10.2. The summed E-state index contributed by atoms with van der Waals surface area (Å²) < 4.78 is 12.0. The number of hydrogen-bond donors (Lipinski definition) is 1. The van der Waals surface area contributed by atoms with Crippen LogP contribution in [0.4, 0.5) is 0 Å². The molecule has 0 bridgehead atoms. The maximum atomic E-state index is 12.4. The molecule has 0 fully saturated rings. The maximum Gasteiger partial charge on any atom is 0.271 e. The first kappa shape index (κ1) is 18.4. The van der Waals surface area contributed by atoms with E-state index in [-0.39, 0.29) is 5.91 Å². The summed E-state index contributed by atoms with van der Waals surface area (Å²) in [6.07, 6.45) is 4.80. The van der Waals surface area contributed by atoms with Gasteiger partial charge in [0, 0.05) is 18.9 Å². The van der Waals surface area contributed by atoms with Crippen molar-refractivity contribution < 1.29 is 14.1 Å². The largest absolute Gasteiger partial charge is 0.497 e. The lowest BCUT2D eigenvalue weighted by Gasteiger charge is -2.05. The predicted molar refractivity (Wildman–Crippen MR) is 104 cm³/mol. The first-order chi connectivity index (χ1) is 14.1. The Morgan fingerprint density at radius 2 is 2.14 bits per heavy atom. The minimum Gasteiger partial charge on any atom is -0.497 e. The fraction of sp³-hybridized carbons (Fsp3) is 0.150. The molecule has 0 saturated carbocycles. The molecule has 1 aromatic carbocycles. The van der Waals surface area contributed by atoms with Crippen molar-refractivity contribution in [1.29, 1.82) is 0 Å². The summed E-state index contributed by atoms with van der Waals surface area (Å²) in [5.41, 5.74) is 1.95. The molecule has 0 spiro atoms. The molecule has 29 heavy (non-hydrogen) atoms. The van der Waals surface area contributed by atoms with Crippen LogP contribution in [0, 0.1) is 6.92 Å². The Balaban J connectivity index is 1.42. The van der Waals surface area contributed by atoms with Crippen LogP contribution in [0.3, 0.4) is 0 Å². The number of carbonyl (C=O) groups excluding carboxylic acids is 1. The van der Waals surface area contributed by atoms with E-state index < -0.39 is 0 Å². The van der Waals surface area contributed by atoms with Crippen molar-refractivity contribution >= 4 is 5.91 Å². The van der Waals surface area contributed by atoms with Crippen molar-refractivity contribution in [1.82, 2.24) is 30.0 Å². The van der Waals surface area contributed by atoms with E-state index in [0.29, 0.717) is 35.3 Å². The van der Waals surface area contributed by atoms with Gasteiger partial charge in [0.2, 0.25) is 0 Å². The highest BCUT2D eigenvalue weighted by atomic mass is 16.5. The van der Waals surface area contributed by atoms with E-state index in [1.807, 2.05) is 30.3 Å². The van der Waals surface area contributed by atoms with Gasteiger partial charge in [0.05, 0.1) is 12.7 Å². The standard InChI is InChI=1S/C20H18N6O3/c1-13-24-20(29-25-13)15-6-7-18(21-10-15)26-11-17(23-12-26)19(27)22-9-14-4-3-5-16(8-14)28-2/h3-8,10-12H,9H2,1-2H3,(H,22,27). The van der Waals surface area contributed by atoms with Gasteiger partial charge in [-0.3, -0.25) is 9.36 Å². The number of pyridine rings is 1. The molecular formula is C20H18N6O3. The van der Waals surface area contributed by atoms with Crippen LogP contribution in [0.2, 0.25) is 0 Å². The van der Waals surface area contributed by atoms with Crippen LogP contribution in [0.1, 0.15) is 21.9 Å². The average molecular weight is 390 g/mol. The van der Waals surface area contributed by atoms with Crippen LogP contribution in [-0.4, -0.2) is 37.7 Å². The molecule has 0 aliphatic heterocycles. The fourth-order valence-electron chi connectivity index (χ4n) is 2.70. The molecule has 1 amide bonds. The molecule has 4 rings (SSSR count).